The van der Waals surface area contributed by atoms with E-state index in [1.165, 1.54) is 0 Å². The Morgan fingerprint density at radius 2 is 1.19 bits per heavy atom. The smallest absolute Gasteiger partial charge is 0.348 e. The molecule has 0 fully saturated rings. The number of alkyl halides is 12. The molecule has 1 amide bonds. The first-order chi connectivity index (χ1) is 16.8. The Morgan fingerprint density at radius 1 is 0.703 bits per heavy atom. The Kier molecular flexibility index (Phi) is 7.00. The van der Waals surface area contributed by atoms with Crippen molar-refractivity contribution in [1.82, 2.24) is 15.1 Å². The second-order valence-corrected chi connectivity index (χ2v) is 7.46. The Balaban J connectivity index is 1.94. The molecule has 3 rings (SSSR count). The molecule has 0 aliphatic rings. The van der Waals surface area contributed by atoms with Crippen molar-refractivity contribution in [3.8, 4) is 5.69 Å². The minimum absolute atomic E-state index is 0.126. The second-order valence-electron chi connectivity index (χ2n) is 7.46. The van der Waals surface area contributed by atoms with E-state index in [1.54, 1.807) is 5.32 Å². The third-order valence-corrected chi connectivity index (χ3v) is 4.82. The number of carbonyl (C=O) groups is 1. The average Bonchev–Trinajstić information content (AvgIpc) is 3.21. The highest BCUT2D eigenvalue weighted by Gasteiger charge is 2.41. The van der Waals surface area contributed by atoms with Gasteiger partial charge in [0.25, 0.3) is 5.91 Å². The van der Waals surface area contributed by atoms with Gasteiger partial charge in [-0.3, -0.25) is 4.79 Å². The second kappa shape index (κ2) is 9.30. The van der Waals surface area contributed by atoms with Gasteiger partial charge in [-0.25, -0.2) is 4.68 Å². The van der Waals surface area contributed by atoms with Gasteiger partial charge in [0.1, 0.15) is 0 Å². The summed E-state index contributed by atoms with van der Waals surface area (Å²) in [6, 6.07) is 2.67. The molecule has 1 aromatic heterocycles. The van der Waals surface area contributed by atoms with Gasteiger partial charge in [-0.05, 0) is 48.0 Å². The Hall–Kier alpha value is -3.72. The maximum Gasteiger partial charge on any atom is 0.434 e. The van der Waals surface area contributed by atoms with E-state index in [0.717, 1.165) is 0 Å². The molecule has 0 saturated carbocycles. The van der Waals surface area contributed by atoms with Crippen LogP contribution >= 0.6 is 0 Å². The SMILES string of the molecule is O=C(NCc1cc(C(F)(F)F)cc(C(F)(F)F)c1)c1cnn(-c2ccc(C(F)(F)F)cc2)c1C(F)(F)F. The van der Waals surface area contributed by atoms with Crippen LogP contribution in [0.2, 0.25) is 0 Å². The molecular formula is C21H11F12N3O. The highest BCUT2D eigenvalue weighted by atomic mass is 19.4. The van der Waals surface area contributed by atoms with Crippen LogP contribution in [0.4, 0.5) is 52.7 Å². The van der Waals surface area contributed by atoms with Gasteiger partial charge in [-0.15, -0.1) is 0 Å². The van der Waals surface area contributed by atoms with Gasteiger partial charge >= 0.3 is 24.7 Å². The molecule has 0 radical (unpaired) electrons. The third-order valence-electron chi connectivity index (χ3n) is 4.82. The fourth-order valence-electron chi connectivity index (χ4n) is 3.17. The van der Waals surface area contributed by atoms with Gasteiger partial charge in [-0.2, -0.15) is 57.8 Å². The number of nitrogens with one attached hydrogen (secondary N) is 1. The molecule has 1 N–H and O–H groups in total. The van der Waals surface area contributed by atoms with E-state index in [4.69, 9.17) is 0 Å². The van der Waals surface area contributed by atoms with E-state index in [1.807, 2.05) is 0 Å². The number of halogens is 12. The van der Waals surface area contributed by atoms with Gasteiger partial charge < -0.3 is 5.32 Å². The molecule has 37 heavy (non-hydrogen) atoms. The Morgan fingerprint density at radius 3 is 1.62 bits per heavy atom. The van der Waals surface area contributed by atoms with Crippen LogP contribution in [0.25, 0.3) is 5.69 Å². The highest BCUT2D eigenvalue weighted by molar-refractivity contribution is 5.95. The zero-order valence-corrected chi connectivity index (χ0v) is 17.7. The number of benzene rings is 2. The number of nitrogens with zero attached hydrogens (tertiary/aromatic N) is 2. The summed E-state index contributed by atoms with van der Waals surface area (Å²) in [6.07, 6.45) is -20.0. The topological polar surface area (TPSA) is 46.9 Å². The molecule has 2 aromatic carbocycles. The van der Waals surface area contributed by atoms with Crippen molar-refractivity contribution in [3.63, 3.8) is 0 Å². The summed E-state index contributed by atoms with van der Waals surface area (Å²) in [5.74, 6) is -1.56. The van der Waals surface area contributed by atoms with Gasteiger partial charge in [0.15, 0.2) is 5.69 Å². The first-order valence-electron chi connectivity index (χ1n) is 9.68. The summed E-state index contributed by atoms with van der Waals surface area (Å²) in [6.45, 7) is -1.02. The lowest BCUT2D eigenvalue weighted by molar-refractivity contribution is -0.144. The minimum Gasteiger partial charge on any atom is -0.348 e. The van der Waals surface area contributed by atoms with Gasteiger partial charge in [-0.1, -0.05) is 0 Å². The maximum absolute atomic E-state index is 13.7. The predicted octanol–water partition coefficient (Wildman–Crippen LogP) is 6.88. The van der Waals surface area contributed by atoms with Crippen molar-refractivity contribution >= 4 is 5.91 Å². The summed E-state index contributed by atoms with van der Waals surface area (Å²) < 4.78 is 157. The van der Waals surface area contributed by atoms with Gasteiger partial charge in [0, 0.05) is 6.54 Å². The summed E-state index contributed by atoms with van der Waals surface area (Å²) in [5.41, 5.74) is -8.68. The van der Waals surface area contributed by atoms with Crippen molar-refractivity contribution in [2.24, 2.45) is 0 Å². The molecule has 0 spiro atoms. The van der Waals surface area contributed by atoms with Crippen LogP contribution in [-0.2, 0) is 31.2 Å². The van der Waals surface area contributed by atoms with Gasteiger partial charge in [0.05, 0.1) is 34.1 Å². The molecule has 0 aliphatic heterocycles. The minimum atomic E-state index is -5.29. The zero-order chi connectivity index (χ0) is 28.0. The van der Waals surface area contributed by atoms with Crippen LogP contribution < -0.4 is 5.32 Å². The lowest BCUT2D eigenvalue weighted by Gasteiger charge is -2.15. The number of rotatable bonds is 4. The van der Waals surface area contributed by atoms with E-state index >= 15 is 0 Å². The molecule has 0 saturated heterocycles. The quantitative estimate of drug-likeness (QED) is 0.361. The van der Waals surface area contributed by atoms with Crippen LogP contribution in [-0.4, -0.2) is 15.7 Å². The molecule has 3 aromatic rings. The first kappa shape index (κ1) is 27.9. The predicted molar refractivity (Wildman–Crippen MR) is 101 cm³/mol. The highest BCUT2D eigenvalue weighted by Crippen LogP contribution is 2.37. The average molecular weight is 549 g/mol. The van der Waals surface area contributed by atoms with Crippen molar-refractivity contribution in [3.05, 3.63) is 82.2 Å². The Labute approximate surface area is 198 Å². The van der Waals surface area contributed by atoms with Crippen molar-refractivity contribution in [2.75, 3.05) is 0 Å². The molecule has 0 unspecified atom stereocenters. The lowest BCUT2D eigenvalue weighted by atomic mass is 10.0. The van der Waals surface area contributed by atoms with E-state index in [0.29, 0.717) is 30.5 Å². The molecule has 4 nitrogen and oxygen atoms in total. The van der Waals surface area contributed by atoms with Crippen LogP contribution in [0.15, 0.2) is 48.7 Å². The van der Waals surface area contributed by atoms with Crippen molar-refractivity contribution < 1.29 is 57.5 Å². The van der Waals surface area contributed by atoms with Crippen LogP contribution in [0.3, 0.4) is 0 Å². The van der Waals surface area contributed by atoms with E-state index in [9.17, 15) is 57.5 Å². The maximum atomic E-state index is 13.7. The van der Waals surface area contributed by atoms with Gasteiger partial charge in [0.2, 0.25) is 0 Å². The monoisotopic (exact) mass is 549 g/mol. The zero-order valence-electron chi connectivity index (χ0n) is 17.7. The molecule has 16 heteroatoms. The number of carbonyl (C=O) groups excluding carboxylic acids is 1. The van der Waals surface area contributed by atoms with E-state index in [-0.39, 0.29) is 22.9 Å². The first-order valence-corrected chi connectivity index (χ1v) is 9.68. The number of aromatic nitrogens is 2. The Bertz CT molecular complexity index is 1250. The standard InChI is InChI=1S/C21H11F12N3O/c22-18(23,24)11-1-3-14(4-2-11)36-16(21(31,32)33)15(9-35-36)17(37)34-8-10-5-12(19(25,26)27)7-13(6-10)20(28,29)30/h1-7,9H,8H2,(H,34,37). The summed E-state index contributed by atoms with van der Waals surface area (Å²) in [7, 11) is 0. The van der Waals surface area contributed by atoms with Crippen LogP contribution in [0.5, 0.6) is 0 Å². The van der Waals surface area contributed by atoms with Crippen LogP contribution in [0.1, 0.15) is 38.3 Å². The van der Waals surface area contributed by atoms with E-state index in [2.05, 4.69) is 5.10 Å². The summed E-state index contributed by atoms with van der Waals surface area (Å²) in [5, 5.41) is 5.17. The molecule has 0 bridgehead atoms. The number of amides is 1. The normalized spacial score (nSPS) is 13.1. The molecule has 200 valence electrons. The summed E-state index contributed by atoms with van der Waals surface area (Å²) in [4.78, 5) is 12.4. The molecule has 0 aliphatic carbocycles. The van der Waals surface area contributed by atoms with Crippen molar-refractivity contribution in [2.45, 2.75) is 31.2 Å². The molecule has 1 heterocycles. The third kappa shape index (κ3) is 6.35. The lowest BCUT2D eigenvalue weighted by Crippen LogP contribution is -2.26. The summed E-state index contributed by atoms with van der Waals surface area (Å²) >= 11 is 0. The number of hydrogen-bond acceptors (Lipinski definition) is 2. The van der Waals surface area contributed by atoms with E-state index < -0.39 is 76.4 Å². The largest absolute Gasteiger partial charge is 0.434 e. The fraction of sp³-hybridized carbons (Fsp3) is 0.238. The molecule has 0 atom stereocenters. The number of hydrogen-bond donors (Lipinski definition) is 1. The fourth-order valence-corrected chi connectivity index (χ4v) is 3.17. The molecular weight excluding hydrogens is 538 g/mol. The van der Waals surface area contributed by atoms with Crippen molar-refractivity contribution in [1.29, 1.82) is 0 Å². The van der Waals surface area contributed by atoms with Crippen LogP contribution in [0, 0.1) is 0 Å².